The first kappa shape index (κ1) is 14.3. The Hall–Kier alpha value is -2.09. The fourth-order valence-electron chi connectivity index (χ4n) is 2.29. The fourth-order valence-corrected chi connectivity index (χ4v) is 2.29. The van der Waals surface area contributed by atoms with Crippen molar-refractivity contribution < 1.29 is 4.79 Å². The lowest BCUT2D eigenvalue weighted by Gasteiger charge is -2.13. The summed E-state index contributed by atoms with van der Waals surface area (Å²) in [5.41, 5.74) is 5.45. The molecule has 2 aromatic rings. The van der Waals surface area contributed by atoms with Crippen LogP contribution in [-0.4, -0.2) is 12.3 Å². The second-order valence-electron chi connectivity index (χ2n) is 5.11. The molecule has 0 bridgehead atoms. The van der Waals surface area contributed by atoms with Gasteiger partial charge in [-0.1, -0.05) is 55.0 Å². The monoisotopic (exact) mass is 267 g/mol. The van der Waals surface area contributed by atoms with Crippen LogP contribution >= 0.6 is 0 Å². The number of carbonyl (C=O) groups excluding carboxylic acids is 1. The van der Waals surface area contributed by atoms with E-state index in [-0.39, 0.29) is 5.78 Å². The molecule has 0 unspecified atom stereocenters. The fraction of sp³-hybridized carbons (Fsp3) is 0.278. The van der Waals surface area contributed by atoms with Gasteiger partial charge in [-0.25, -0.2) is 0 Å². The largest absolute Gasteiger partial charge is 0.377 e. The van der Waals surface area contributed by atoms with E-state index >= 15 is 0 Å². The Balaban J connectivity index is 2.09. The van der Waals surface area contributed by atoms with E-state index in [1.54, 1.807) is 0 Å². The van der Waals surface area contributed by atoms with Crippen LogP contribution in [0.3, 0.4) is 0 Å². The summed E-state index contributed by atoms with van der Waals surface area (Å²) in [6, 6.07) is 13.9. The van der Waals surface area contributed by atoms with Crippen LogP contribution in [-0.2, 0) is 6.42 Å². The van der Waals surface area contributed by atoms with Gasteiger partial charge in [-0.3, -0.25) is 4.79 Å². The SMILES string of the molecule is CCc1cccc(C)c1NCC(=O)c1ccc(C)cc1. The predicted molar refractivity (Wildman–Crippen MR) is 84.6 cm³/mol. The first-order chi connectivity index (χ1) is 9.61. The van der Waals surface area contributed by atoms with Crippen molar-refractivity contribution in [3.63, 3.8) is 0 Å². The van der Waals surface area contributed by atoms with Gasteiger partial charge in [0.25, 0.3) is 0 Å². The van der Waals surface area contributed by atoms with Crippen molar-refractivity contribution in [3.05, 3.63) is 64.7 Å². The zero-order chi connectivity index (χ0) is 14.5. The van der Waals surface area contributed by atoms with Crippen LogP contribution in [0.15, 0.2) is 42.5 Å². The van der Waals surface area contributed by atoms with Gasteiger partial charge < -0.3 is 5.32 Å². The van der Waals surface area contributed by atoms with E-state index in [2.05, 4.69) is 37.4 Å². The highest BCUT2D eigenvalue weighted by Gasteiger charge is 2.08. The average Bonchev–Trinajstić information content (AvgIpc) is 2.46. The molecule has 0 aliphatic heterocycles. The minimum Gasteiger partial charge on any atom is -0.377 e. The average molecular weight is 267 g/mol. The van der Waals surface area contributed by atoms with Gasteiger partial charge in [-0.2, -0.15) is 0 Å². The van der Waals surface area contributed by atoms with Crippen molar-refractivity contribution in [2.45, 2.75) is 27.2 Å². The smallest absolute Gasteiger partial charge is 0.181 e. The summed E-state index contributed by atoms with van der Waals surface area (Å²) >= 11 is 0. The molecule has 2 rings (SSSR count). The van der Waals surface area contributed by atoms with Gasteiger partial charge in [0.2, 0.25) is 0 Å². The molecule has 0 saturated carbocycles. The molecular formula is C18H21NO. The molecule has 2 aromatic carbocycles. The highest BCUT2D eigenvalue weighted by atomic mass is 16.1. The van der Waals surface area contributed by atoms with Crippen molar-refractivity contribution in [1.29, 1.82) is 0 Å². The second kappa shape index (κ2) is 6.38. The topological polar surface area (TPSA) is 29.1 Å². The lowest BCUT2D eigenvalue weighted by atomic mass is 10.0. The summed E-state index contributed by atoms with van der Waals surface area (Å²) in [5, 5.41) is 3.30. The molecule has 2 heteroatoms. The summed E-state index contributed by atoms with van der Waals surface area (Å²) in [5.74, 6) is 0.121. The van der Waals surface area contributed by atoms with Crippen molar-refractivity contribution in [1.82, 2.24) is 0 Å². The maximum Gasteiger partial charge on any atom is 0.181 e. The molecule has 0 aromatic heterocycles. The first-order valence-electron chi connectivity index (χ1n) is 7.04. The number of rotatable bonds is 5. The van der Waals surface area contributed by atoms with Crippen LogP contribution in [0.4, 0.5) is 5.69 Å². The van der Waals surface area contributed by atoms with E-state index in [4.69, 9.17) is 0 Å². The molecule has 0 fully saturated rings. The highest BCUT2D eigenvalue weighted by Crippen LogP contribution is 2.21. The standard InChI is InChI=1S/C18H21NO/c1-4-15-7-5-6-14(3)18(15)19-12-17(20)16-10-8-13(2)9-11-16/h5-11,19H,4,12H2,1-3H3. The molecule has 0 heterocycles. The van der Waals surface area contributed by atoms with Crippen molar-refractivity contribution in [2.24, 2.45) is 0 Å². The highest BCUT2D eigenvalue weighted by molar-refractivity contribution is 5.99. The van der Waals surface area contributed by atoms with E-state index in [9.17, 15) is 4.79 Å². The molecule has 20 heavy (non-hydrogen) atoms. The Kier molecular flexibility index (Phi) is 4.57. The van der Waals surface area contributed by atoms with Gasteiger partial charge in [0.05, 0.1) is 6.54 Å². The van der Waals surface area contributed by atoms with Crippen LogP contribution in [0.25, 0.3) is 0 Å². The number of para-hydroxylation sites is 1. The van der Waals surface area contributed by atoms with Crippen LogP contribution in [0.1, 0.15) is 34.0 Å². The van der Waals surface area contributed by atoms with Crippen LogP contribution in [0.2, 0.25) is 0 Å². The van der Waals surface area contributed by atoms with Crippen LogP contribution < -0.4 is 5.32 Å². The predicted octanol–water partition coefficient (Wildman–Crippen LogP) is 4.16. The third-order valence-electron chi connectivity index (χ3n) is 3.54. The van der Waals surface area contributed by atoms with Crippen molar-refractivity contribution in [2.75, 3.05) is 11.9 Å². The molecule has 0 aliphatic rings. The molecule has 0 spiro atoms. The minimum absolute atomic E-state index is 0.121. The van der Waals surface area contributed by atoms with Crippen molar-refractivity contribution >= 4 is 11.5 Å². The minimum atomic E-state index is 0.121. The van der Waals surface area contributed by atoms with E-state index in [0.717, 1.165) is 17.7 Å². The molecule has 1 N–H and O–H groups in total. The Morgan fingerprint density at radius 2 is 1.75 bits per heavy atom. The Morgan fingerprint density at radius 1 is 1.05 bits per heavy atom. The lowest BCUT2D eigenvalue weighted by Crippen LogP contribution is -2.15. The van der Waals surface area contributed by atoms with Gasteiger partial charge >= 0.3 is 0 Å². The van der Waals surface area contributed by atoms with Gasteiger partial charge in [0, 0.05) is 11.3 Å². The Labute approximate surface area is 120 Å². The van der Waals surface area contributed by atoms with E-state index in [1.807, 2.05) is 31.2 Å². The maximum absolute atomic E-state index is 12.2. The number of hydrogen-bond donors (Lipinski definition) is 1. The summed E-state index contributed by atoms with van der Waals surface area (Å²) in [7, 11) is 0. The zero-order valence-corrected chi connectivity index (χ0v) is 12.4. The third-order valence-corrected chi connectivity index (χ3v) is 3.54. The molecule has 0 saturated heterocycles. The summed E-state index contributed by atoms with van der Waals surface area (Å²) in [6.45, 7) is 6.55. The van der Waals surface area contributed by atoms with E-state index in [0.29, 0.717) is 6.54 Å². The summed E-state index contributed by atoms with van der Waals surface area (Å²) in [6.07, 6.45) is 0.961. The van der Waals surface area contributed by atoms with Gasteiger partial charge in [0.1, 0.15) is 0 Å². The molecule has 2 nitrogen and oxygen atoms in total. The number of anilines is 1. The number of ketones is 1. The normalized spacial score (nSPS) is 10.3. The summed E-state index contributed by atoms with van der Waals surface area (Å²) in [4.78, 5) is 12.2. The van der Waals surface area contributed by atoms with E-state index in [1.165, 1.54) is 16.7 Å². The molecule has 104 valence electrons. The first-order valence-corrected chi connectivity index (χ1v) is 7.04. The number of benzene rings is 2. The molecule has 0 radical (unpaired) electrons. The molecule has 0 atom stereocenters. The molecule has 0 amide bonds. The number of carbonyl (C=O) groups is 1. The van der Waals surface area contributed by atoms with Crippen LogP contribution in [0.5, 0.6) is 0 Å². The maximum atomic E-state index is 12.2. The number of hydrogen-bond acceptors (Lipinski definition) is 2. The molecular weight excluding hydrogens is 246 g/mol. The van der Waals surface area contributed by atoms with E-state index < -0.39 is 0 Å². The third kappa shape index (κ3) is 3.27. The van der Waals surface area contributed by atoms with Gasteiger partial charge in [-0.15, -0.1) is 0 Å². The number of nitrogens with one attached hydrogen (secondary N) is 1. The lowest BCUT2D eigenvalue weighted by molar-refractivity contribution is 0.101. The second-order valence-corrected chi connectivity index (χ2v) is 5.11. The van der Waals surface area contributed by atoms with Gasteiger partial charge in [-0.05, 0) is 31.4 Å². The number of aryl methyl sites for hydroxylation is 3. The Morgan fingerprint density at radius 3 is 2.40 bits per heavy atom. The zero-order valence-electron chi connectivity index (χ0n) is 12.4. The Bertz CT molecular complexity index is 599. The molecule has 0 aliphatic carbocycles. The quantitative estimate of drug-likeness (QED) is 0.824. The van der Waals surface area contributed by atoms with Gasteiger partial charge in [0.15, 0.2) is 5.78 Å². The van der Waals surface area contributed by atoms with Crippen molar-refractivity contribution in [3.8, 4) is 0 Å². The van der Waals surface area contributed by atoms with Crippen LogP contribution in [0, 0.1) is 13.8 Å². The summed E-state index contributed by atoms with van der Waals surface area (Å²) < 4.78 is 0. The number of Topliss-reactive ketones (excluding diaryl/α,β-unsaturated/α-hetero) is 1.